The lowest BCUT2D eigenvalue weighted by Gasteiger charge is -2.26. The third-order valence-electron chi connectivity index (χ3n) is 2.98. The average molecular weight is 309 g/mol. The fourth-order valence-electron chi connectivity index (χ4n) is 1.92. The number of hydrogen-bond donors (Lipinski definition) is 2. The van der Waals surface area contributed by atoms with E-state index in [1.165, 1.54) is 6.07 Å². The lowest BCUT2D eigenvalue weighted by molar-refractivity contribution is 0.301. The van der Waals surface area contributed by atoms with Crippen LogP contribution in [0.1, 0.15) is 32.2 Å². The zero-order valence-corrected chi connectivity index (χ0v) is 13.3. The van der Waals surface area contributed by atoms with Crippen LogP contribution in [0.2, 0.25) is 0 Å². The molecule has 1 heterocycles. The molecule has 6 heteroatoms. The van der Waals surface area contributed by atoms with Crippen LogP contribution in [0.25, 0.3) is 0 Å². The largest absolute Gasteiger partial charge is 0.490 e. The number of thiazole rings is 1. The minimum Gasteiger partial charge on any atom is -0.490 e. The van der Waals surface area contributed by atoms with Gasteiger partial charge < -0.3 is 15.8 Å². The van der Waals surface area contributed by atoms with E-state index in [9.17, 15) is 4.39 Å². The topological polar surface area (TPSA) is 60.2 Å². The second-order valence-corrected chi connectivity index (χ2v) is 6.20. The quantitative estimate of drug-likeness (QED) is 0.792. The van der Waals surface area contributed by atoms with Gasteiger partial charge in [-0.2, -0.15) is 0 Å². The van der Waals surface area contributed by atoms with Gasteiger partial charge in [0.1, 0.15) is 5.01 Å². The van der Waals surface area contributed by atoms with Crippen LogP contribution in [0.4, 0.5) is 15.8 Å². The first-order chi connectivity index (χ1) is 9.94. The van der Waals surface area contributed by atoms with Gasteiger partial charge in [-0.05, 0) is 20.3 Å². The van der Waals surface area contributed by atoms with E-state index < -0.39 is 11.4 Å². The maximum Gasteiger partial charge on any atom is 0.167 e. The Morgan fingerprint density at radius 1 is 1.43 bits per heavy atom. The number of hydrogen-bond acceptors (Lipinski definition) is 5. The molecule has 0 amide bonds. The van der Waals surface area contributed by atoms with E-state index in [0.717, 1.165) is 11.4 Å². The maximum atomic E-state index is 13.8. The van der Waals surface area contributed by atoms with Crippen LogP contribution in [-0.2, 0) is 5.54 Å². The predicted octanol–water partition coefficient (Wildman–Crippen LogP) is 4.00. The lowest BCUT2D eigenvalue weighted by Crippen LogP contribution is -2.28. The minimum atomic E-state index is -0.446. The summed E-state index contributed by atoms with van der Waals surface area (Å²) in [6.45, 7) is 6.44. The van der Waals surface area contributed by atoms with Gasteiger partial charge in [0.2, 0.25) is 0 Å². The molecule has 0 aliphatic rings. The van der Waals surface area contributed by atoms with Gasteiger partial charge in [-0.1, -0.05) is 6.92 Å². The summed E-state index contributed by atoms with van der Waals surface area (Å²) in [5.41, 5.74) is 6.49. The molecule has 0 atom stereocenters. The van der Waals surface area contributed by atoms with Crippen molar-refractivity contribution in [3.63, 3.8) is 0 Å². The van der Waals surface area contributed by atoms with Gasteiger partial charge in [0, 0.05) is 23.7 Å². The van der Waals surface area contributed by atoms with E-state index in [0.29, 0.717) is 18.0 Å². The number of nitrogens with two attached hydrogens (primary N) is 1. The Kier molecular flexibility index (Phi) is 4.67. The zero-order chi connectivity index (χ0) is 15.5. The Morgan fingerprint density at radius 3 is 2.81 bits per heavy atom. The van der Waals surface area contributed by atoms with Crippen LogP contribution in [0.15, 0.2) is 23.7 Å². The zero-order valence-electron chi connectivity index (χ0n) is 12.4. The molecule has 0 aliphatic heterocycles. The van der Waals surface area contributed by atoms with Gasteiger partial charge in [-0.3, -0.25) is 0 Å². The first-order valence-electron chi connectivity index (χ1n) is 6.84. The number of benzene rings is 1. The Bertz CT molecular complexity index is 599. The maximum absolute atomic E-state index is 13.8. The monoisotopic (exact) mass is 309 g/mol. The predicted molar refractivity (Wildman–Crippen MR) is 85.4 cm³/mol. The molecule has 0 fully saturated rings. The fraction of sp³-hybridized carbons (Fsp3) is 0.400. The Balaban J connectivity index is 2.27. The number of anilines is 2. The summed E-state index contributed by atoms with van der Waals surface area (Å²) in [6.07, 6.45) is 2.57. The first kappa shape index (κ1) is 15.6. The number of halogens is 1. The van der Waals surface area contributed by atoms with Crippen LogP contribution in [0.5, 0.6) is 5.75 Å². The smallest absolute Gasteiger partial charge is 0.167 e. The highest BCUT2D eigenvalue weighted by Gasteiger charge is 2.24. The van der Waals surface area contributed by atoms with Crippen molar-refractivity contribution in [2.45, 2.75) is 32.7 Å². The van der Waals surface area contributed by atoms with E-state index in [-0.39, 0.29) is 5.75 Å². The second kappa shape index (κ2) is 6.30. The van der Waals surface area contributed by atoms with Crippen molar-refractivity contribution in [3.05, 3.63) is 34.5 Å². The van der Waals surface area contributed by atoms with Gasteiger partial charge in [0.05, 0.1) is 23.5 Å². The molecule has 0 aliphatic carbocycles. The van der Waals surface area contributed by atoms with Gasteiger partial charge in [-0.15, -0.1) is 11.3 Å². The van der Waals surface area contributed by atoms with E-state index in [4.69, 9.17) is 10.5 Å². The Labute approximate surface area is 128 Å². The van der Waals surface area contributed by atoms with Crippen LogP contribution >= 0.6 is 11.3 Å². The van der Waals surface area contributed by atoms with Crippen LogP contribution in [0.3, 0.4) is 0 Å². The standard InChI is InChI=1S/C15H20FN3OS/c1-4-6-20-13-9-12(11(17)8-10(13)16)19-15(2,3)14-18-5-7-21-14/h5,7-9,19H,4,6,17H2,1-3H3. The van der Waals surface area contributed by atoms with Crippen molar-refractivity contribution in [1.82, 2.24) is 4.98 Å². The van der Waals surface area contributed by atoms with Crippen LogP contribution < -0.4 is 15.8 Å². The number of ether oxygens (including phenoxy) is 1. The molecular formula is C15H20FN3OS. The molecule has 21 heavy (non-hydrogen) atoms. The average Bonchev–Trinajstić information content (AvgIpc) is 2.95. The molecule has 0 unspecified atom stereocenters. The van der Waals surface area contributed by atoms with E-state index >= 15 is 0 Å². The van der Waals surface area contributed by atoms with Crippen molar-refractivity contribution in [2.24, 2.45) is 0 Å². The number of rotatable bonds is 6. The molecule has 0 saturated heterocycles. The summed E-state index contributed by atoms with van der Waals surface area (Å²) in [5.74, 6) is -0.234. The summed E-state index contributed by atoms with van der Waals surface area (Å²) >= 11 is 1.56. The minimum absolute atomic E-state index is 0.212. The van der Waals surface area contributed by atoms with Gasteiger partial charge in [0.15, 0.2) is 11.6 Å². The highest BCUT2D eigenvalue weighted by atomic mass is 32.1. The van der Waals surface area contributed by atoms with Crippen molar-refractivity contribution < 1.29 is 9.13 Å². The summed E-state index contributed by atoms with van der Waals surface area (Å²) in [7, 11) is 0. The SMILES string of the molecule is CCCOc1cc(NC(C)(C)c2nccs2)c(N)cc1F. The van der Waals surface area contributed by atoms with E-state index in [1.54, 1.807) is 23.6 Å². The van der Waals surface area contributed by atoms with Crippen molar-refractivity contribution in [3.8, 4) is 5.75 Å². The summed E-state index contributed by atoms with van der Waals surface area (Å²) in [4.78, 5) is 4.31. The number of nitrogens with one attached hydrogen (secondary N) is 1. The van der Waals surface area contributed by atoms with Crippen molar-refractivity contribution in [2.75, 3.05) is 17.7 Å². The Morgan fingerprint density at radius 2 is 2.19 bits per heavy atom. The molecule has 0 radical (unpaired) electrons. The molecule has 1 aromatic heterocycles. The molecule has 2 aromatic rings. The number of nitrogens with zero attached hydrogens (tertiary/aromatic N) is 1. The van der Waals surface area contributed by atoms with Gasteiger partial charge in [-0.25, -0.2) is 9.37 Å². The normalized spacial score (nSPS) is 11.4. The summed E-state index contributed by atoms with van der Waals surface area (Å²) < 4.78 is 19.2. The van der Waals surface area contributed by atoms with Crippen molar-refractivity contribution in [1.29, 1.82) is 0 Å². The van der Waals surface area contributed by atoms with E-state index in [2.05, 4.69) is 10.3 Å². The molecule has 2 rings (SSSR count). The molecular weight excluding hydrogens is 289 g/mol. The third kappa shape index (κ3) is 3.64. The van der Waals surface area contributed by atoms with Crippen LogP contribution in [0, 0.1) is 5.82 Å². The Hall–Kier alpha value is -1.82. The molecule has 1 aromatic carbocycles. The fourth-order valence-corrected chi connectivity index (χ4v) is 2.64. The van der Waals surface area contributed by atoms with Gasteiger partial charge >= 0.3 is 0 Å². The van der Waals surface area contributed by atoms with Crippen molar-refractivity contribution >= 4 is 22.7 Å². The second-order valence-electron chi connectivity index (χ2n) is 5.31. The molecule has 4 nitrogen and oxygen atoms in total. The highest BCUT2D eigenvalue weighted by Crippen LogP contribution is 2.33. The van der Waals surface area contributed by atoms with E-state index in [1.807, 2.05) is 26.2 Å². The molecule has 3 N–H and O–H groups in total. The summed E-state index contributed by atoms with van der Waals surface area (Å²) in [5, 5.41) is 6.16. The highest BCUT2D eigenvalue weighted by molar-refractivity contribution is 7.09. The number of aromatic nitrogens is 1. The van der Waals surface area contributed by atoms with Crippen LogP contribution in [-0.4, -0.2) is 11.6 Å². The van der Waals surface area contributed by atoms with Gasteiger partial charge in [0.25, 0.3) is 0 Å². The molecule has 0 spiro atoms. The first-order valence-corrected chi connectivity index (χ1v) is 7.72. The number of nitrogen functional groups attached to an aromatic ring is 1. The molecule has 0 bridgehead atoms. The third-order valence-corrected chi connectivity index (χ3v) is 4.08. The summed E-state index contributed by atoms with van der Waals surface area (Å²) in [6, 6.07) is 2.89. The molecule has 114 valence electrons. The molecule has 0 saturated carbocycles. The lowest BCUT2D eigenvalue weighted by atomic mass is 10.1.